The number of alkyl halides is 9. The summed E-state index contributed by atoms with van der Waals surface area (Å²) in [6, 6.07) is 0. The summed E-state index contributed by atoms with van der Waals surface area (Å²) in [6.07, 6.45) is -0.0896. The standard InChI is InChI=1S/C11H7F9O3S/c1-4-3-5(2)7(13)6(4,12)8(14,15)10(18,19)11(20,9(7,16)17)24(21,22)23/h3H,1H2,2H3,(H,21,22,23). The predicted octanol–water partition coefficient (Wildman–Crippen LogP) is 3.39. The highest BCUT2D eigenvalue weighted by Crippen LogP contribution is 2.74. The van der Waals surface area contributed by atoms with Crippen molar-refractivity contribution >= 4 is 10.1 Å². The van der Waals surface area contributed by atoms with E-state index in [0.717, 1.165) is 0 Å². The molecule has 1 N–H and O–H groups in total. The predicted molar refractivity (Wildman–Crippen MR) is 60.8 cm³/mol. The summed E-state index contributed by atoms with van der Waals surface area (Å²) < 4.78 is 157. The molecule has 138 valence electrons. The number of fused-ring (bicyclic) bond motifs is 1. The minimum absolute atomic E-state index is 0.0896. The summed E-state index contributed by atoms with van der Waals surface area (Å²) >= 11 is 0. The van der Waals surface area contributed by atoms with Gasteiger partial charge in [0, 0.05) is 0 Å². The fourth-order valence-electron chi connectivity index (χ4n) is 3.00. The molecule has 3 unspecified atom stereocenters. The molecule has 1 fully saturated rings. The Labute approximate surface area is 128 Å². The van der Waals surface area contributed by atoms with Crippen LogP contribution >= 0.6 is 0 Å². The van der Waals surface area contributed by atoms with Crippen molar-refractivity contribution in [2.24, 2.45) is 0 Å². The van der Waals surface area contributed by atoms with Crippen molar-refractivity contribution in [1.82, 2.24) is 0 Å². The molecule has 0 aromatic carbocycles. The third kappa shape index (κ3) is 1.34. The SMILES string of the molecule is C=C1C=C(C)C2(F)C(F)(F)C(F)(S(=O)(=O)O)C(F)(F)C(F)(F)C12F. The van der Waals surface area contributed by atoms with Crippen molar-refractivity contribution < 1.29 is 52.5 Å². The van der Waals surface area contributed by atoms with Crippen molar-refractivity contribution in [3.63, 3.8) is 0 Å². The van der Waals surface area contributed by atoms with Crippen LogP contribution in [0.5, 0.6) is 0 Å². The molecule has 2 rings (SSSR count). The molecule has 13 heteroatoms. The second-order valence-electron chi connectivity index (χ2n) is 5.46. The van der Waals surface area contributed by atoms with E-state index in [2.05, 4.69) is 6.58 Å². The van der Waals surface area contributed by atoms with Crippen molar-refractivity contribution in [3.8, 4) is 0 Å². The van der Waals surface area contributed by atoms with E-state index in [9.17, 15) is 47.9 Å². The van der Waals surface area contributed by atoms with Crippen LogP contribution in [-0.2, 0) is 10.1 Å². The molecule has 2 aliphatic rings. The Kier molecular flexibility index (Phi) is 3.27. The van der Waals surface area contributed by atoms with Crippen molar-refractivity contribution in [2.45, 2.75) is 41.0 Å². The molecule has 0 saturated heterocycles. The number of rotatable bonds is 1. The smallest absolute Gasteiger partial charge is 0.283 e. The lowest BCUT2D eigenvalue weighted by molar-refractivity contribution is -0.399. The van der Waals surface area contributed by atoms with E-state index in [-0.39, 0.29) is 13.0 Å². The molecule has 24 heavy (non-hydrogen) atoms. The molecule has 0 aromatic heterocycles. The third-order valence-electron chi connectivity index (χ3n) is 4.27. The van der Waals surface area contributed by atoms with Crippen LogP contribution in [0.25, 0.3) is 0 Å². The van der Waals surface area contributed by atoms with Crippen LogP contribution < -0.4 is 0 Å². The van der Waals surface area contributed by atoms with Crippen LogP contribution in [-0.4, -0.2) is 47.1 Å². The van der Waals surface area contributed by atoms with Crippen molar-refractivity contribution in [3.05, 3.63) is 23.8 Å². The Hall–Kier alpha value is -1.24. The van der Waals surface area contributed by atoms with E-state index in [1.165, 1.54) is 0 Å². The topological polar surface area (TPSA) is 54.4 Å². The van der Waals surface area contributed by atoms with E-state index in [4.69, 9.17) is 4.55 Å². The molecule has 1 saturated carbocycles. The summed E-state index contributed by atoms with van der Waals surface area (Å²) in [7, 11) is -7.37. The van der Waals surface area contributed by atoms with E-state index in [1.807, 2.05) is 0 Å². The quantitative estimate of drug-likeness (QED) is 0.552. The molecule has 0 bridgehead atoms. The van der Waals surface area contributed by atoms with Gasteiger partial charge in [-0.2, -0.15) is 34.8 Å². The van der Waals surface area contributed by atoms with E-state index >= 15 is 0 Å². The third-order valence-corrected chi connectivity index (χ3v) is 5.50. The summed E-state index contributed by atoms with van der Waals surface area (Å²) in [5.74, 6) is -20.3. The molecule has 2 aliphatic carbocycles. The van der Waals surface area contributed by atoms with Crippen LogP contribution in [0.2, 0.25) is 0 Å². The maximum absolute atomic E-state index is 14.7. The van der Waals surface area contributed by atoms with Gasteiger partial charge in [0.15, 0.2) is 0 Å². The monoisotopic (exact) mass is 390 g/mol. The van der Waals surface area contributed by atoms with E-state index < -0.39 is 55.4 Å². The number of hydrogen-bond acceptors (Lipinski definition) is 2. The Morgan fingerprint density at radius 1 is 0.875 bits per heavy atom. The molecular formula is C11H7F9O3S. The molecule has 3 nitrogen and oxygen atoms in total. The lowest BCUT2D eigenvalue weighted by Crippen LogP contribution is -2.86. The van der Waals surface area contributed by atoms with Gasteiger partial charge in [0.2, 0.25) is 11.3 Å². The number of allylic oxidation sites excluding steroid dienone is 3. The van der Waals surface area contributed by atoms with E-state index in [0.29, 0.717) is 0 Å². The zero-order valence-corrected chi connectivity index (χ0v) is 12.2. The first-order chi connectivity index (χ1) is 10.3. The fourth-order valence-corrected chi connectivity index (χ4v) is 3.91. The average molecular weight is 390 g/mol. The zero-order valence-electron chi connectivity index (χ0n) is 11.4. The van der Waals surface area contributed by atoms with Gasteiger partial charge >= 0.3 is 32.9 Å². The zero-order chi connectivity index (χ0) is 19.4. The van der Waals surface area contributed by atoms with Crippen LogP contribution in [0.4, 0.5) is 39.5 Å². The second-order valence-corrected chi connectivity index (χ2v) is 6.98. The molecule has 0 spiro atoms. The molecule has 0 aromatic rings. The van der Waals surface area contributed by atoms with Gasteiger partial charge in [0.05, 0.1) is 0 Å². The molecular weight excluding hydrogens is 383 g/mol. The number of halogens is 9. The Bertz CT molecular complexity index is 774. The van der Waals surface area contributed by atoms with Crippen LogP contribution in [0.3, 0.4) is 0 Å². The second kappa shape index (κ2) is 4.11. The minimum Gasteiger partial charge on any atom is -0.283 e. The molecule has 0 heterocycles. The van der Waals surface area contributed by atoms with Crippen LogP contribution in [0.1, 0.15) is 6.92 Å². The Morgan fingerprint density at radius 2 is 1.29 bits per heavy atom. The highest BCUT2D eigenvalue weighted by atomic mass is 32.2. The first kappa shape index (κ1) is 19.1. The van der Waals surface area contributed by atoms with Gasteiger partial charge in [-0.1, -0.05) is 12.7 Å². The average Bonchev–Trinajstić information content (AvgIpc) is 2.57. The van der Waals surface area contributed by atoms with E-state index in [1.54, 1.807) is 0 Å². The maximum atomic E-state index is 14.7. The molecule has 0 radical (unpaired) electrons. The first-order valence-corrected chi connectivity index (χ1v) is 7.29. The largest absolute Gasteiger partial charge is 0.370 e. The summed E-state index contributed by atoms with van der Waals surface area (Å²) in [6.45, 7) is 2.70. The van der Waals surface area contributed by atoms with Crippen molar-refractivity contribution in [1.29, 1.82) is 0 Å². The lowest BCUT2D eigenvalue weighted by Gasteiger charge is -2.55. The number of hydrogen-bond donors (Lipinski definition) is 1. The highest BCUT2D eigenvalue weighted by Gasteiger charge is 3.03. The fraction of sp³-hybridized carbons (Fsp3) is 0.636. The highest BCUT2D eigenvalue weighted by molar-refractivity contribution is 7.87. The van der Waals surface area contributed by atoms with Gasteiger partial charge in [-0.15, -0.1) is 0 Å². The van der Waals surface area contributed by atoms with Gasteiger partial charge < -0.3 is 0 Å². The molecule has 3 atom stereocenters. The summed E-state index contributed by atoms with van der Waals surface area (Å²) in [5.41, 5.74) is -14.7. The Morgan fingerprint density at radius 3 is 1.67 bits per heavy atom. The molecule has 0 aliphatic heterocycles. The van der Waals surface area contributed by atoms with Gasteiger partial charge in [-0.3, -0.25) is 4.55 Å². The van der Waals surface area contributed by atoms with Gasteiger partial charge in [0.25, 0.3) is 0 Å². The Balaban J connectivity index is 3.11. The van der Waals surface area contributed by atoms with Crippen molar-refractivity contribution in [2.75, 3.05) is 0 Å². The van der Waals surface area contributed by atoms with Gasteiger partial charge in [-0.05, 0) is 18.1 Å². The van der Waals surface area contributed by atoms with Crippen LogP contribution in [0, 0.1) is 0 Å². The first-order valence-electron chi connectivity index (χ1n) is 5.85. The summed E-state index contributed by atoms with van der Waals surface area (Å²) in [4.78, 5) is 0. The maximum Gasteiger partial charge on any atom is 0.370 e. The molecule has 0 amide bonds. The lowest BCUT2D eigenvalue weighted by atomic mass is 9.65. The van der Waals surface area contributed by atoms with Crippen LogP contribution in [0.15, 0.2) is 23.8 Å². The van der Waals surface area contributed by atoms with Gasteiger partial charge in [-0.25, -0.2) is 13.2 Å². The summed E-state index contributed by atoms with van der Waals surface area (Å²) in [5, 5.41) is -6.85. The van der Waals surface area contributed by atoms with Gasteiger partial charge in [0.1, 0.15) is 0 Å². The minimum atomic E-state index is -7.37. The normalized spacial score (nSPS) is 43.3.